The van der Waals surface area contributed by atoms with Gasteiger partial charge in [-0.2, -0.15) is 4.31 Å². The smallest absolute Gasteiger partial charge is 0.254 e. The Morgan fingerprint density at radius 3 is 2.46 bits per heavy atom. The first kappa shape index (κ1) is 22.8. The first-order chi connectivity index (χ1) is 13.2. The summed E-state index contributed by atoms with van der Waals surface area (Å²) < 4.78 is 33.4. The van der Waals surface area contributed by atoms with Crippen molar-refractivity contribution >= 4 is 15.9 Å². The van der Waals surface area contributed by atoms with Crippen molar-refractivity contribution in [1.82, 2.24) is 9.21 Å². The van der Waals surface area contributed by atoms with E-state index in [1.807, 2.05) is 25.7 Å². The van der Waals surface area contributed by atoms with Gasteiger partial charge in [-0.15, -0.1) is 0 Å². The molecule has 2 rings (SSSR count). The van der Waals surface area contributed by atoms with E-state index in [0.717, 1.165) is 19.3 Å². The maximum absolute atomic E-state index is 13.1. The number of morpholine rings is 1. The van der Waals surface area contributed by atoms with E-state index >= 15 is 0 Å². The normalized spacial score (nSPS) is 22.0. The van der Waals surface area contributed by atoms with Crippen molar-refractivity contribution in [1.29, 1.82) is 0 Å². The summed E-state index contributed by atoms with van der Waals surface area (Å²) in [6.45, 7) is 11.2. The van der Waals surface area contributed by atoms with Crippen LogP contribution in [0.25, 0.3) is 0 Å². The summed E-state index contributed by atoms with van der Waals surface area (Å²) in [5.41, 5.74) is 0.423. The number of benzene rings is 1. The Labute approximate surface area is 169 Å². The van der Waals surface area contributed by atoms with Gasteiger partial charge < -0.3 is 9.64 Å². The first-order valence-electron chi connectivity index (χ1n) is 10.3. The SMILES string of the molecule is CCCCN(C(=O)c1cccc(S(=O)(=O)N2CC(C)OC(C)C2)c1)C(C)CC. The van der Waals surface area contributed by atoms with E-state index < -0.39 is 10.0 Å². The lowest BCUT2D eigenvalue weighted by atomic mass is 10.1. The summed E-state index contributed by atoms with van der Waals surface area (Å²) in [7, 11) is -3.67. The highest BCUT2D eigenvalue weighted by Crippen LogP contribution is 2.23. The quantitative estimate of drug-likeness (QED) is 0.658. The molecule has 0 aliphatic carbocycles. The van der Waals surface area contributed by atoms with E-state index in [0.29, 0.717) is 25.2 Å². The molecule has 0 radical (unpaired) electrons. The fraction of sp³-hybridized carbons (Fsp3) is 0.667. The molecule has 158 valence electrons. The lowest BCUT2D eigenvalue weighted by Crippen LogP contribution is -2.48. The largest absolute Gasteiger partial charge is 0.373 e. The molecule has 1 saturated heterocycles. The highest BCUT2D eigenvalue weighted by atomic mass is 32.2. The minimum absolute atomic E-state index is 0.108. The van der Waals surface area contributed by atoms with Crippen LogP contribution in [0.4, 0.5) is 0 Å². The summed E-state index contributed by atoms with van der Waals surface area (Å²) in [6, 6.07) is 6.55. The molecular weight excluding hydrogens is 376 g/mol. The highest BCUT2D eigenvalue weighted by Gasteiger charge is 2.32. The van der Waals surface area contributed by atoms with Gasteiger partial charge in [-0.3, -0.25) is 4.79 Å². The molecule has 6 nitrogen and oxygen atoms in total. The first-order valence-corrected chi connectivity index (χ1v) is 11.7. The molecule has 0 aromatic heterocycles. The predicted molar refractivity (Wildman–Crippen MR) is 111 cm³/mol. The standard InChI is InChI=1S/C21H34N2O4S/c1-6-8-12-23(16(3)7-2)21(24)19-10-9-11-20(13-19)28(25,26)22-14-17(4)27-18(5)15-22/h9-11,13,16-18H,6-8,12,14-15H2,1-5H3. The molecule has 28 heavy (non-hydrogen) atoms. The molecule has 0 bridgehead atoms. The summed E-state index contributed by atoms with van der Waals surface area (Å²) >= 11 is 0. The molecular formula is C21H34N2O4S. The predicted octanol–water partition coefficient (Wildman–Crippen LogP) is 3.53. The van der Waals surface area contributed by atoms with Crippen molar-refractivity contribution in [2.45, 2.75) is 77.0 Å². The van der Waals surface area contributed by atoms with Gasteiger partial charge >= 0.3 is 0 Å². The fourth-order valence-electron chi connectivity index (χ4n) is 3.50. The maximum atomic E-state index is 13.1. The van der Waals surface area contributed by atoms with Gasteiger partial charge in [0.2, 0.25) is 10.0 Å². The zero-order chi connectivity index (χ0) is 20.9. The summed E-state index contributed by atoms with van der Waals surface area (Å²) in [4.78, 5) is 15.1. The van der Waals surface area contributed by atoms with Gasteiger partial charge in [-0.05, 0) is 51.8 Å². The third-order valence-electron chi connectivity index (χ3n) is 5.24. The van der Waals surface area contributed by atoms with Crippen molar-refractivity contribution in [3.63, 3.8) is 0 Å². The lowest BCUT2D eigenvalue weighted by Gasteiger charge is -2.34. The number of rotatable bonds is 8. The Bertz CT molecular complexity index is 755. The van der Waals surface area contributed by atoms with Crippen molar-refractivity contribution in [2.24, 2.45) is 0 Å². The van der Waals surface area contributed by atoms with Crippen LogP contribution >= 0.6 is 0 Å². The maximum Gasteiger partial charge on any atom is 0.254 e. The Kier molecular flexibility index (Phi) is 8.04. The molecule has 1 aliphatic heterocycles. The van der Waals surface area contributed by atoms with E-state index in [4.69, 9.17) is 4.74 Å². The number of nitrogens with zero attached hydrogens (tertiary/aromatic N) is 2. The monoisotopic (exact) mass is 410 g/mol. The minimum atomic E-state index is -3.67. The molecule has 0 saturated carbocycles. The summed E-state index contributed by atoms with van der Waals surface area (Å²) in [5.74, 6) is -0.108. The van der Waals surface area contributed by atoms with Gasteiger partial charge in [-0.25, -0.2) is 8.42 Å². The highest BCUT2D eigenvalue weighted by molar-refractivity contribution is 7.89. The van der Waals surface area contributed by atoms with E-state index in [1.165, 1.54) is 10.4 Å². The third-order valence-corrected chi connectivity index (χ3v) is 7.07. The minimum Gasteiger partial charge on any atom is -0.373 e. The second-order valence-corrected chi connectivity index (χ2v) is 9.65. The number of amides is 1. The number of hydrogen-bond donors (Lipinski definition) is 0. The van der Waals surface area contributed by atoms with Gasteiger partial charge in [0, 0.05) is 31.2 Å². The molecule has 7 heteroatoms. The van der Waals surface area contributed by atoms with Crippen molar-refractivity contribution in [3.05, 3.63) is 29.8 Å². The molecule has 1 amide bonds. The van der Waals surface area contributed by atoms with E-state index in [-0.39, 0.29) is 29.1 Å². The second kappa shape index (κ2) is 9.85. The van der Waals surface area contributed by atoms with Gasteiger partial charge in [-0.1, -0.05) is 26.3 Å². The Morgan fingerprint density at radius 2 is 1.89 bits per heavy atom. The Balaban J connectivity index is 2.30. The molecule has 1 fully saturated rings. The molecule has 3 atom stereocenters. The van der Waals surface area contributed by atoms with Crippen molar-refractivity contribution < 1.29 is 17.9 Å². The van der Waals surface area contributed by atoms with Crippen LogP contribution in [0.1, 0.15) is 64.2 Å². The summed E-state index contributed by atoms with van der Waals surface area (Å²) in [6.07, 6.45) is 2.48. The van der Waals surface area contributed by atoms with Crippen LogP contribution in [0, 0.1) is 0 Å². The molecule has 1 heterocycles. The van der Waals surface area contributed by atoms with Crippen LogP contribution in [-0.2, 0) is 14.8 Å². The van der Waals surface area contributed by atoms with Crippen LogP contribution < -0.4 is 0 Å². The average Bonchev–Trinajstić information content (AvgIpc) is 2.67. The van der Waals surface area contributed by atoms with Crippen LogP contribution in [-0.4, -0.2) is 61.4 Å². The molecule has 1 aromatic rings. The number of carbonyl (C=O) groups excluding carboxylic acids is 1. The Morgan fingerprint density at radius 1 is 1.25 bits per heavy atom. The Hall–Kier alpha value is -1.44. The molecule has 3 unspecified atom stereocenters. The molecule has 0 N–H and O–H groups in total. The number of unbranched alkanes of at least 4 members (excludes halogenated alkanes) is 1. The van der Waals surface area contributed by atoms with Gasteiger partial charge in [0.05, 0.1) is 17.1 Å². The van der Waals surface area contributed by atoms with E-state index in [2.05, 4.69) is 13.8 Å². The lowest BCUT2D eigenvalue weighted by molar-refractivity contribution is -0.0440. The van der Waals surface area contributed by atoms with Crippen LogP contribution in [0.5, 0.6) is 0 Å². The van der Waals surface area contributed by atoms with Crippen molar-refractivity contribution in [2.75, 3.05) is 19.6 Å². The van der Waals surface area contributed by atoms with Crippen LogP contribution in [0.15, 0.2) is 29.2 Å². The van der Waals surface area contributed by atoms with Crippen molar-refractivity contribution in [3.8, 4) is 0 Å². The summed E-state index contributed by atoms with van der Waals surface area (Å²) in [5, 5.41) is 0. The van der Waals surface area contributed by atoms with Crippen LogP contribution in [0.2, 0.25) is 0 Å². The van der Waals surface area contributed by atoms with Crippen LogP contribution in [0.3, 0.4) is 0 Å². The number of carbonyl (C=O) groups is 1. The zero-order valence-corrected chi connectivity index (χ0v) is 18.5. The van der Waals surface area contributed by atoms with Gasteiger partial charge in [0.25, 0.3) is 5.91 Å². The molecule has 0 spiro atoms. The average molecular weight is 411 g/mol. The second-order valence-electron chi connectivity index (χ2n) is 7.72. The fourth-order valence-corrected chi connectivity index (χ4v) is 5.14. The van der Waals surface area contributed by atoms with Gasteiger partial charge in [0.15, 0.2) is 0 Å². The molecule has 1 aliphatic rings. The number of ether oxygens (including phenoxy) is 1. The third kappa shape index (κ3) is 5.33. The number of hydrogen-bond acceptors (Lipinski definition) is 4. The number of sulfonamides is 1. The van der Waals surface area contributed by atoms with Gasteiger partial charge in [0.1, 0.15) is 0 Å². The van der Waals surface area contributed by atoms with E-state index in [1.54, 1.807) is 18.2 Å². The molecule has 1 aromatic carbocycles. The zero-order valence-electron chi connectivity index (χ0n) is 17.7. The van der Waals surface area contributed by atoms with E-state index in [9.17, 15) is 13.2 Å². The topological polar surface area (TPSA) is 66.9 Å².